The van der Waals surface area contributed by atoms with Crippen LogP contribution in [0.25, 0.3) is 0 Å². The van der Waals surface area contributed by atoms with Crippen LogP contribution in [0.5, 0.6) is 5.75 Å². The van der Waals surface area contributed by atoms with E-state index in [1.54, 1.807) is 25.7 Å². The van der Waals surface area contributed by atoms with Crippen LogP contribution in [0.3, 0.4) is 0 Å². The first kappa shape index (κ1) is 26.0. The van der Waals surface area contributed by atoms with Crippen molar-refractivity contribution >= 4 is 44.5 Å². The predicted octanol–water partition coefficient (Wildman–Crippen LogP) is 3.39. The molecule has 2 aliphatic heterocycles. The average molecular weight is 532 g/mol. The van der Waals surface area contributed by atoms with Crippen LogP contribution in [0.15, 0.2) is 59.6 Å². The van der Waals surface area contributed by atoms with Crippen molar-refractivity contribution in [2.24, 2.45) is 4.99 Å². The molecule has 1 N–H and O–H groups in total. The first-order valence-electron chi connectivity index (χ1n) is 11.5. The topological polar surface area (TPSA) is 114 Å². The van der Waals surface area contributed by atoms with Crippen LogP contribution in [-0.4, -0.2) is 60.5 Å². The van der Waals surface area contributed by atoms with Gasteiger partial charge < -0.3 is 19.7 Å². The molecule has 0 aromatic heterocycles. The molecule has 2 aromatic rings. The number of amides is 2. The smallest absolute Gasteiger partial charge is 0.408 e. The molecule has 2 saturated heterocycles. The lowest BCUT2D eigenvalue weighted by Gasteiger charge is -2.24. The second kappa shape index (κ2) is 10.5. The highest BCUT2D eigenvalue weighted by atomic mass is 32.2. The number of amidine groups is 1. The Morgan fingerprint density at radius 3 is 2.44 bits per heavy atom. The Kier molecular flexibility index (Phi) is 7.60. The normalized spacial score (nSPS) is 21.8. The van der Waals surface area contributed by atoms with Crippen molar-refractivity contribution in [3.8, 4) is 5.75 Å². The van der Waals surface area contributed by atoms with Gasteiger partial charge in [0.25, 0.3) is 5.91 Å². The molecule has 0 radical (unpaired) electrons. The number of nitrogens with one attached hydrogen (secondary N) is 1. The van der Waals surface area contributed by atoms with E-state index in [1.165, 1.54) is 11.8 Å². The number of rotatable bonds is 6. The maximum atomic E-state index is 12.5. The lowest BCUT2D eigenvalue weighted by molar-refractivity contribution is -0.117. The molecule has 2 amide bonds. The number of benzene rings is 2. The number of anilines is 1. The zero-order valence-corrected chi connectivity index (χ0v) is 22.0. The highest BCUT2D eigenvalue weighted by Gasteiger charge is 2.49. The minimum Gasteiger partial charge on any atom is -0.489 e. The fraction of sp³-hybridized carbons (Fsp3) is 0.400. The van der Waals surface area contributed by atoms with Crippen molar-refractivity contribution in [2.45, 2.75) is 44.3 Å². The lowest BCUT2D eigenvalue weighted by Crippen LogP contribution is -2.38. The summed E-state index contributed by atoms with van der Waals surface area (Å²) in [5.74, 6) is 0.126. The predicted molar refractivity (Wildman–Crippen MR) is 140 cm³/mol. The molecule has 192 valence electrons. The van der Waals surface area contributed by atoms with Gasteiger partial charge in [-0.2, -0.15) is 4.99 Å². The molecule has 2 heterocycles. The summed E-state index contributed by atoms with van der Waals surface area (Å²) in [6.45, 7) is 5.28. The van der Waals surface area contributed by atoms with Gasteiger partial charge in [-0.05, 0) is 50.6 Å². The van der Waals surface area contributed by atoms with Crippen LogP contribution >= 0.6 is 11.8 Å². The van der Waals surface area contributed by atoms with Gasteiger partial charge in [-0.25, -0.2) is 13.2 Å². The Morgan fingerprint density at radius 2 is 1.78 bits per heavy atom. The molecular formula is C25H29N3O6S2. The van der Waals surface area contributed by atoms with Gasteiger partial charge in [0.05, 0.1) is 17.5 Å². The van der Waals surface area contributed by atoms with Gasteiger partial charge in [0.2, 0.25) is 0 Å². The fourth-order valence-corrected chi connectivity index (χ4v) is 7.85. The van der Waals surface area contributed by atoms with Gasteiger partial charge >= 0.3 is 6.09 Å². The number of thioether (sulfide) groups is 1. The summed E-state index contributed by atoms with van der Waals surface area (Å²) in [6.07, 6.45) is -0.707. The van der Waals surface area contributed by atoms with Crippen LogP contribution in [-0.2, 0) is 26.0 Å². The summed E-state index contributed by atoms with van der Waals surface area (Å²) < 4.78 is 35.6. The Hall–Kier alpha value is -3.05. The van der Waals surface area contributed by atoms with E-state index in [9.17, 15) is 18.0 Å². The molecule has 0 unspecified atom stereocenters. The number of alkyl carbamates (subject to hydrolysis) is 1. The molecule has 2 aliphatic rings. The number of hydrogen-bond acceptors (Lipinski definition) is 7. The van der Waals surface area contributed by atoms with Gasteiger partial charge in [-0.15, -0.1) is 0 Å². The maximum Gasteiger partial charge on any atom is 0.408 e. The monoisotopic (exact) mass is 531 g/mol. The Morgan fingerprint density at radius 1 is 1.08 bits per heavy atom. The summed E-state index contributed by atoms with van der Waals surface area (Å²) >= 11 is 1.27. The van der Waals surface area contributed by atoms with Crippen LogP contribution in [0.4, 0.5) is 10.5 Å². The number of sulfone groups is 1. The molecule has 4 rings (SSSR count). The molecule has 2 atom stereocenters. The number of hydrogen-bond donors (Lipinski definition) is 1. The van der Waals surface area contributed by atoms with E-state index in [0.29, 0.717) is 23.2 Å². The van der Waals surface area contributed by atoms with Crippen molar-refractivity contribution in [1.82, 2.24) is 5.32 Å². The van der Waals surface area contributed by atoms with Crippen LogP contribution in [0, 0.1) is 0 Å². The van der Waals surface area contributed by atoms with E-state index >= 15 is 0 Å². The molecule has 0 bridgehead atoms. The molecule has 2 fully saturated rings. The summed E-state index contributed by atoms with van der Waals surface area (Å²) in [5, 5.41) is 2.59. The fourth-order valence-electron chi connectivity index (χ4n) is 3.92. The van der Waals surface area contributed by atoms with E-state index in [-0.39, 0.29) is 29.3 Å². The standard InChI is InChI=1S/C25H29N3O6S2/c1-25(2,3)34-24(30)26-13-22(29)27-23-28(20-15-36(31,32)16-21(20)35-23)18-9-11-19(12-10-18)33-14-17-7-5-4-6-8-17/h4-12,20-21H,13-16H2,1-3H3,(H,26,30)/t20-,21-/m1/s1. The second-order valence-electron chi connectivity index (χ2n) is 9.58. The van der Waals surface area contributed by atoms with Gasteiger partial charge in [-0.3, -0.25) is 4.79 Å². The minimum absolute atomic E-state index is 0.0136. The zero-order chi connectivity index (χ0) is 25.9. The number of nitrogens with zero attached hydrogens (tertiary/aromatic N) is 2. The SMILES string of the molecule is CC(C)(C)OC(=O)NCC(=O)N=C1S[C@@H]2CS(=O)(=O)C[C@H]2N1c1ccc(OCc2ccccc2)cc1. The van der Waals surface area contributed by atoms with E-state index in [2.05, 4.69) is 10.3 Å². The third kappa shape index (κ3) is 6.79. The third-order valence-electron chi connectivity index (χ3n) is 5.43. The maximum absolute atomic E-state index is 12.5. The van der Waals surface area contributed by atoms with Gasteiger partial charge in [0.15, 0.2) is 15.0 Å². The molecule has 9 nitrogen and oxygen atoms in total. The average Bonchev–Trinajstić information content (AvgIpc) is 3.27. The Bertz CT molecular complexity index is 1240. The largest absolute Gasteiger partial charge is 0.489 e. The summed E-state index contributed by atoms with van der Waals surface area (Å²) in [7, 11) is -3.19. The van der Waals surface area contributed by atoms with Crippen LogP contribution < -0.4 is 15.0 Å². The first-order chi connectivity index (χ1) is 17.0. The Labute approximate surface area is 215 Å². The summed E-state index contributed by atoms with van der Waals surface area (Å²) in [4.78, 5) is 30.4. The van der Waals surface area contributed by atoms with E-state index in [4.69, 9.17) is 9.47 Å². The van der Waals surface area contributed by atoms with Crippen molar-refractivity contribution < 1.29 is 27.5 Å². The van der Waals surface area contributed by atoms with Crippen LogP contribution in [0.1, 0.15) is 26.3 Å². The highest BCUT2D eigenvalue weighted by molar-refractivity contribution is 8.16. The molecule has 2 aromatic carbocycles. The quantitative estimate of drug-likeness (QED) is 0.603. The molecule has 0 aliphatic carbocycles. The first-order valence-corrected chi connectivity index (χ1v) is 14.2. The molecule has 36 heavy (non-hydrogen) atoms. The lowest BCUT2D eigenvalue weighted by atomic mass is 10.2. The minimum atomic E-state index is -3.19. The number of aliphatic imine (C=N–C) groups is 1. The zero-order valence-electron chi connectivity index (χ0n) is 20.3. The van der Waals surface area contributed by atoms with Crippen molar-refractivity contribution in [2.75, 3.05) is 23.0 Å². The Balaban J connectivity index is 1.47. The van der Waals surface area contributed by atoms with Crippen molar-refractivity contribution in [3.63, 3.8) is 0 Å². The molecule has 0 spiro atoms. The van der Waals surface area contributed by atoms with Gasteiger partial charge in [0, 0.05) is 10.9 Å². The second-order valence-corrected chi connectivity index (χ2v) is 12.9. The van der Waals surface area contributed by atoms with Gasteiger partial charge in [-0.1, -0.05) is 42.1 Å². The molecule has 0 saturated carbocycles. The van der Waals surface area contributed by atoms with Gasteiger partial charge in [0.1, 0.15) is 24.5 Å². The summed E-state index contributed by atoms with van der Waals surface area (Å²) in [5.41, 5.74) is 1.08. The number of carbonyl (C=O) groups is 2. The van der Waals surface area contributed by atoms with E-state index in [0.717, 1.165) is 5.56 Å². The highest BCUT2D eigenvalue weighted by Crippen LogP contribution is 2.41. The molecular weight excluding hydrogens is 502 g/mol. The van der Waals surface area contributed by atoms with Crippen molar-refractivity contribution in [3.05, 3.63) is 60.2 Å². The van der Waals surface area contributed by atoms with Crippen LogP contribution in [0.2, 0.25) is 0 Å². The van der Waals surface area contributed by atoms with E-state index in [1.807, 2.05) is 54.6 Å². The number of fused-ring (bicyclic) bond motifs is 1. The van der Waals surface area contributed by atoms with E-state index < -0.39 is 27.4 Å². The molecule has 11 heteroatoms. The summed E-state index contributed by atoms with van der Waals surface area (Å²) in [6, 6.07) is 16.7. The third-order valence-corrected chi connectivity index (χ3v) is 8.64. The number of ether oxygens (including phenoxy) is 2. The van der Waals surface area contributed by atoms with Crippen molar-refractivity contribution in [1.29, 1.82) is 0 Å². The number of carbonyl (C=O) groups excluding carboxylic acids is 2.